The van der Waals surface area contributed by atoms with Crippen LogP contribution in [0.5, 0.6) is 5.88 Å². The standard InChI is InChI=1S/C30H23ClF3N7O3/c1-2-40-16-35-13-20(40)14-41-27(37-38-30(41)26-12-28(42)39-44-26)9-18-8-24(34)21(11-23(18)33)25-4-3-5-29(36-25)43-15-17-6-7-19(31)10-22(17)32/h3-8,10-13,16H,2,9,14-15H2,1H3,(H,39,42). The second kappa shape index (κ2) is 12.2. The Morgan fingerprint density at radius 3 is 2.61 bits per heavy atom. The van der Waals surface area contributed by atoms with Crippen molar-refractivity contribution < 1.29 is 22.4 Å². The molecule has 0 spiro atoms. The van der Waals surface area contributed by atoms with Gasteiger partial charge in [0, 0.05) is 41.4 Å². The van der Waals surface area contributed by atoms with Crippen LogP contribution in [0.1, 0.15) is 29.6 Å². The summed E-state index contributed by atoms with van der Waals surface area (Å²) >= 11 is 5.80. The van der Waals surface area contributed by atoms with E-state index in [1.54, 1.807) is 23.2 Å². The number of hydrogen-bond acceptors (Lipinski definition) is 7. The summed E-state index contributed by atoms with van der Waals surface area (Å²) in [5.74, 6) is -1.16. The third-order valence-electron chi connectivity index (χ3n) is 6.91. The van der Waals surface area contributed by atoms with E-state index in [-0.39, 0.29) is 64.4 Å². The van der Waals surface area contributed by atoms with Crippen LogP contribution in [0.25, 0.3) is 22.8 Å². The van der Waals surface area contributed by atoms with Gasteiger partial charge in [0.1, 0.15) is 29.9 Å². The predicted molar refractivity (Wildman–Crippen MR) is 153 cm³/mol. The summed E-state index contributed by atoms with van der Waals surface area (Å²) in [5.41, 5.74) is 0.675. The third kappa shape index (κ3) is 5.99. The highest BCUT2D eigenvalue weighted by Crippen LogP contribution is 2.28. The summed E-state index contributed by atoms with van der Waals surface area (Å²) in [6.07, 6.45) is 3.23. The van der Waals surface area contributed by atoms with Gasteiger partial charge in [-0.1, -0.05) is 23.7 Å². The van der Waals surface area contributed by atoms with E-state index >= 15 is 8.78 Å². The number of hydrogen-bond donors (Lipinski definition) is 1. The van der Waals surface area contributed by atoms with Crippen LogP contribution < -0.4 is 10.3 Å². The average Bonchev–Trinajstić information content (AvgIpc) is 3.75. The van der Waals surface area contributed by atoms with Crippen molar-refractivity contribution in [1.82, 2.24) is 34.5 Å². The predicted octanol–water partition coefficient (Wildman–Crippen LogP) is 5.79. The molecule has 0 aliphatic carbocycles. The minimum Gasteiger partial charge on any atom is -0.473 e. The molecular weight excluding hydrogens is 599 g/mol. The molecule has 2 aromatic carbocycles. The summed E-state index contributed by atoms with van der Waals surface area (Å²) in [6.45, 7) is 2.71. The number of ether oxygens (including phenoxy) is 1. The van der Waals surface area contributed by atoms with E-state index in [0.29, 0.717) is 12.4 Å². The lowest BCUT2D eigenvalue weighted by molar-refractivity contribution is 0.288. The van der Waals surface area contributed by atoms with Gasteiger partial charge in [0.15, 0.2) is 0 Å². The monoisotopic (exact) mass is 621 g/mol. The molecule has 0 aliphatic heterocycles. The van der Waals surface area contributed by atoms with Gasteiger partial charge < -0.3 is 18.4 Å². The number of halogens is 4. The van der Waals surface area contributed by atoms with Crippen molar-refractivity contribution in [2.75, 3.05) is 0 Å². The molecule has 1 N–H and O–H groups in total. The van der Waals surface area contributed by atoms with E-state index in [1.165, 1.54) is 36.4 Å². The fourth-order valence-electron chi connectivity index (χ4n) is 4.66. The Morgan fingerprint density at radius 2 is 1.84 bits per heavy atom. The van der Waals surface area contributed by atoms with Crippen LogP contribution in [0.3, 0.4) is 0 Å². The molecule has 10 nitrogen and oxygen atoms in total. The fraction of sp³-hybridized carbons (Fsp3) is 0.167. The first kappa shape index (κ1) is 28.9. The van der Waals surface area contributed by atoms with Gasteiger partial charge >= 0.3 is 0 Å². The number of imidazole rings is 1. The first-order valence-electron chi connectivity index (χ1n) is 13.4. The summed E-state index contributed by atoms with van der Waals surface area (Å²) in [7, 11) is 0. The molecule has 6 aromatic rings. The molecule has 4 aromatic heterocycles. The molecule has 0 unspecified atom stereocenters. The minimum atomic E-state index is -0.721. The van der Waals surface area contributed by atoms with Gasteiger partial charge in [0.05, 0.1) is 30.3 Å². The number of H-pyrrole nitrogens is 1. The zero-order chi connectivity index (χ0) is 30.8. The maximum Gasteiger partial charge on any atom is 0.280 e. The van der Waals surface area contributed by atoms with Crippen molar-refractivity contribution >= 4 is 11.6 Å². The van der Waals surface area contributed by atoms with Gasteiger partial charge in [0.25, 0.3) is 5.56 Å². The molecule has 0 atom stereocenters. The highest BCUT2D eigenvalue weighted by Gasteiger charge is 2.21. The number of rotatable bonds is 10. The Morgan fingerprint density at radius 1 is 1.00 bits per heavy atom. The molecule has 6 rings (SSSR count). The molecule has 0 saturated heterocycles. The summed E-state index contributed by atoms with van der Waals surface area (Å²) in [5, 5.41) is 10.9. The lowest BCUT2D eigenvalue weighted by atomic mass is 10.0. The van der Waals surface area contributed by atoms with E-state index < -0.39 is 23.0 Å². The molecule has 224 valence electrons. The SMILES string of the molecule is CCn1cncc1Cn1c(Cc2cc(F)c(-c3cccc(OCc4ccc(Cl)cc4F)n3)cc2F)nnc1-c1cc(=O)[nH]o1. The summed E-state index contributed by atoms with van der Waals surface area (Å²) < 4.78 is 59.5. The lowest BCUT2D eigenvalue weighted by Gasteiger charge is -2.12. The number of pyridine rings is 1. The number of nitrogens with one attached hydrogen (secondary N) is 1. The highest BCUT2D eigenvalue weighted by molar-refractivity contribution is 6.30. The van der Waals surface area contributed by atoms with Crippen molar-refractivity contribution in [3.8, 4) is 28.7 Å². The van der Waals surface area contributed by atoms with Crippen LogP contribution in [0, 0.1) is 17.5 Å². The van der Waals surface area contributed by atoms with Crippen LogP contribution >= 0.6 is 11.6 Å². The smallest absolute Gasteiger partial charge is 0.280 e. The average molecular weight is 622 g/mol. The van der Waals surface area contributed by atoms with E-state index in [1.807, 2.05) is 11.5 Å². The van der Waals surface area contributed by atoms with E-state index in [0.717, 1.165) is 17.8 Å². The van der Waals surface area contributed by atoms with Crippen molar-refractivity contribution in [2.24, 2.45) is 0 Å². The van der Waals surface area contributed by atoms with Gasteiger partial charge in [0.2, 0.25) is 17.5 Å². The first-order valence-corrected chi connectivity index (χ1v) is 13.8. The molecule has 14 heteroatoms. The number of nitrogens with zero attached hydrogens (tertiary/aromatic N) is 6. The Bertz CT molecular complexity index is 2020. The number of aromatic nitrogens is 7. The Kier molecular flexibility index (Phi) is 8.03. The minimum absolute atomic E-state index is 0.0246. The Hall–Kier alpha value is -5.17. The molecule has 0 fully saturated rings. The van der Waals surface area contributed by atoms with Crippen LogP contribution in [0.4, 0.5) is 13.2 Å². The highest BCUT2D eigenvalue weighted by atomic mass is 35.5. The summed E-state index contributed by atoms with van der Waals surface area (Å²) in [6, 6.07) is 12.2. The van der Waals surface area contributed by atoms with Gasteiger partial charge in [-0.2, -0.15) is 5.16 Å². The van der Waals surface area contributed by atoms with Gasteiger partial charge in [-0.3, -0.25) is 4.79 Å². The topological polar surface area (TPSA) is 117 Å². The van der Waals surface area contributed by atoms with Crippen molar-refractivity contribution in [2.45, 2.75) is 33.0 Å². The van der Waals surface area contributed by atoms with Crippen LogP contribution in [-0.4, -0.2) is 34.5 Å². The molecule has 0 aliphatic rings. The Balaban J connectivity index is 1.27. The van der Waals surface area contributed by atoms with E-state index in [9.17, 15) is 9.18 Å². The number of aromatic amines is 1. The molecule has 0 radical (unpaired) electrons. The first-order chi connectivity index (χ1) is 21.3. The molecule has 0 bridgehead atoms. The second-order valence-electron chi connectivity index (χ2n) is 9.76. The molecule has 0 amide bonds. The molecule has 44 heavy (non-hydrogen) atoms. The fourth-order valence-corrected chi connectivity index (χ4v) is 4.82. The quantitative estimate of drug-likeness (QED) is 0.206. The van der Waals surface area contributed by atoms with E-state index in [2.05, 4.69) is 25.3 Å². The van der Waals surface area contributed by atoms with Crippen molar-refractivity contribution in [1.29, 1.82) is 0 Å². The zero-order valence-corrected chi connectivity index (χ0v) is 23.9. The maximum absolute atomic E-state index is 15.5. The van der Waals surface area contributed by atoms with Crippen LogP contribution in [0.15, 0.2) is 76.4 Å². The number of benzene rings is 2. The largest absolute Gasteiger partial charge is 0.473 e. The third-order valence-corrected chi connectivity index (χ3v) is 7.14. The normalized spacial score (nSPS) is 11.3. The molecular formula is C30H23ClF3N7O3. The summed E-state index contributed by atoms with van der Waals surface area (Å²) in [4.78, 5) is 20.2. The van der Waals surface area contributed by atoms with Crippen molar-refractivity contribution in [3.63, 3.8) is 0 Å². The van der Waals surface area contributed by atoms with Crippen molar-refractivity contribution in [3.05, 3.63) is 123 Å². The molecule has 4 heterocycles. The lowest BCUT2D eigenvalue weighted by Crippen LogP contribution is -2.11. The molecule has 0 saturated carbocycles. The van der Waals surface area contributed by atoms with Gasteiger partial charge in [-0.05, 0) is 42.8 Å². The van der Waals surface area contributed by atoms with Gasteiger partial charge in [-0.15, -0.1) is 10.2 Å². The van der Waals surface area contributed by atoms with Crippen LogP contribution in [-0.2, 0) is 26.1 Å². The van der Waals surface area contributed by atoms with Crippen LogP contribution in [0.2, 0.25) is 5.02 Å². The van der Waals surface area contributed by atoms with Gasteiger partial charge in [-0.25, -0.2) is 23.1 Å². The zero-order valence-electron chi connectivity index (χ0n) is 23.1. The Labute approximate surface area is 252 Å². The second-order valence-corrected chi connectivity index (χ2v) is 10.2. The maximum atomic E-state index is 15.5. The van der Waals surface area contributed by atoms with E-state index in [4.69, 9.17) is 20.9 Å². The number of aryl methyl sites for hydroxylation is 1.